The number of aliphatic hydroxyl groups excluding tert-OH is 1. The Bertz CT molecular complexity index is 591. The maximum absolute atomic E-state index is 14.1. The van der Waals surface area contributed by atoms with E-state index in [1.165, 1.54) is 10.4 Å². The molecule has 7 heteroatoms. The number of nitrogens with zero attached hydrogens (tertiary/aromatic N) is 1. The van der Waals surface area contributed by atoms with Crippen molar-refractivity contribution in [2.45, 2.75) is 37.3 Å². The van der Waals surface area contributed by atoms with E-state index in [0.29, 0.717) is 6.54 Å². The molecule has 1 fully saturated rings. The minimum absolute atomic E-state index is 0.0934. The van der Waals surface area contributed by atoms with Crippen molar-refractivity contribution in [1.29, 1.82) is 0 Å². The highest BCUT2D eigenvalue weighted by Crippen LogP contribution is 2.30. The van der Waals surface area contributed by atoms with E-state index in [9.17, 15) is 12.8 Å². The Morgan fingerprint density at radius 1 is 1.53 bits per heavy atom. The molecule has 0 bridgehead atoms. The van der Waals surface area contributed by atoms with Crippen molar-refractivity contribution in [3.8, 4) is 0 Å². The van der Waals surface area contributed by atoms with Crippen LogP contribution in [0.4, 0.5) is 4.39 Å². The second-order valence-corrected chi connectivity index (χ2v) is 6.94. The van der Waals surface area contributed by atoms with E-state index in [0.717, 1.165) is 18.9 Å². The molecule has 1 saturated heterocycles. The fourth-order valence-corrected chi connectivity index (χ4v) is 4.45. The van der Waals surface area contributed by atoms with E-state index < -0.39 is 27.3 Å². The van der Waals surface area contributed by atoms with E-state index in [1.54, 1.807) is 6.92 Å². The SMILES string of the molecule is CC1CCCN1S(=O)(=O)c1cc(Cl)cc(CO)c1F. The maximum atomic E-state index is 14.1. The van der Waals surface area contributed by atoms with E-state index in [-0.39, 0.29) is 16.6 Å². The first-order valence-electron chi connectivity index (χ1n) is 5.98. The van der Waals surface area contributed by atoms with Gasteiger partial charge < -0.3 is 5.11 Å². The van der Waals surface area contributed by atoms with Crippen LogP contribution in [-0.2, 0) is 16.6 Å². The van der Waals surface area contributed by atoms with Crippen molar-refractivity contribution in [3.63, 3.8) is 0 Å². The monoisotopic (exact) mass is 307 g/mol. The molecule has 19 heavy (non-hydrogen) atoms. The molecule has 106 valence electrons. The molecule has 0 aliphatic carbocycles. The van der Waals surface area contributed by atoms with Gasteiger partial charge >= 0.3 is 0 Å². The zero-order valence-corrected chi connectivity index (χ0v) is 12.0. The van der Waals surface area contributed by atoms with E-state index >= 15 is 0 Å². The minimum atomic E-state index is -3.91. The molecule has 1 aromatic rings. The average Bonchev–Trinajstić information content (AvgIpc) is 2.78. The van der Waals surface area contributed by atoms with Crippen LogP contribution in [0, 0.1) is 5.82 Å². The molecular formula is C12H15ClFNO3S. The molecule has 0 aromatic heterocycles. The Morgan fingerprint density at radius 2 is 2.21 bits per heavy atom. The molecule has 4 nitrogen and oxygen atoms in total. The highest BCUT2D eigenvalue weighted by atomic mass is 35.5. The smallest absolute Gasteiger partial charge is 0.246 e. The van der Waals surface area contributed by atoms with Gasteiger partial charge in [0, 0.05) is 23.2 Å². The van der Waals surface area contributed by atoms with Crippen LogP contribution < -0.4 is 0 Å². The van der Waals surface area contributed by atoms with Gasteiger partial charge in [-0.25, -0.2) is 12.8 Å². The minimum Gasteiger partial charge on any atom is -0.392 e. The van der Waals surface area contributed by atoms with Gasteiger partial charge in [0.1, 0.15) is 10.7 Å². The number of rotatable bonds is 3. The molecule has 1 N–H and O–H groups in total. The van der Waals surface area contributed by atoms with Gasteiger partial charge in [-0.3, -0.25) is 0 Å². The van der Waals surface area contributed by atoms with Crippen molar-refractivity contribution >= 4 is 21.6 Å². The van der Waals surface area contributed by atoms with Crippen LogP contribution in [0.15, 0.2) is 17.0 Å². The molecule has 0 spiro atoms. The lowest BCUT2D eigenvalue weighted by molar-refractivity contribution is 0.274. The van der Waals surface area contributed by atoms with Crippen LogP contribution in [-0.4, -0.2) is 30.4 Å². The zero-order chi connectivity index (χ0) is 14.2. The number of aliphatic hydroxyl groups is 1. The zero-order valence-electron chi connectivity index (χ0n) is 10.4. The lowest BCUT2D eigenvalue weighted by atomic mass is 10.2. The first-order valence-corrected chi connectivity index (χ1v) is 7.80. The summed E-state index contributed by atoms with van der Waals surface area (Å²) < 4.78 is 40.2. The van der Waals surface area contributed by atoms with Crippen LogP contribution in [0.25, 0.3) is 0 Å². The Balaban J connectivity index is 2.54. The summed E-state index contributed by atoms with van der Waals surface area (Å²) in [5, 5.41) is 9.14. The first kappa shape index (κ1) is 14.7. The summed E-state index contributed by atoms with van der Waals surface area (Å²) >= 11 is 5.79. The molecule has 0 radical (unpaired) electrons. The number of benzene rings is 1. The summed E-state index contributed by atoms with van der Waals surface area (Å²) in [6, 6.07) is 2.17. The van der Waals surface area contributed by atoms with E-state index in [2.05, 4.69) is 0 Å². The largest absolute Gasteiger partial charge is 0.392 e. The predicted molar refractivity (Wildman–Crippen MR) is 69.9 cm³/mol. The Hall–Kier alpha value is -0.690. The second kappa shape index (κ2) is 5.36. The lowest BCUT2D eigenvalue weighted by Crippen LogP contribution is -2.34. The van der Waals surface area contributed by atoms with Crippen molar-refractivity contribution in [3.05, 3.63) is 28.5 Å². The molecule has 1 atom stereocenters. The lowest BCUT2D eigenvalue weighted by Gasteiger charge is -2.21. The molecule has 1 aliphatic rings. The first-order chi connectivity index (χ1) is 8.87. The highest BCUT2D eigenvalue weighted by Gasteiger charge is 2.35. The van der Waals surface area contributed by atoms with E-state index in [4.69, 9.17) is 16.7 Å². The van der Waals surface area contributed by atoms with Crippen LogP contribution in [0.5, 0.6) is 0 Å². The number of sulfonamides is 1. The number of halogens is 2. The average molecular weight is 308 g/mol. The van der Waals surface area contributed by atoms with E-state index in [1.807, 2.05) is 0 Å². The molecular weight excluding hydrogens is 293 g/mol. The molecule has 1 aromatic carbocycles. The number of hydrogen-bond acceptors (Lipinski definition) is 3. The van der Waals surface area contributed by atoms with Gasteiger partial charge in [-0.1, -0.05) is 11.6 Å². The fraction of sp³-hybridized carbons (Fsp3) is 0.500. The summed E-state index contributed by atoms with van der Waals surface area (Å²) in [5.74, 6) is -0.925. The van der Waals surface area contributed by atoms with Gasteiger partial charge in [0.05, 0.1) is 6.61 Å². The van der Waals surface area contributed by atoms with Gasteiger partial charge in [-0.15, -0.1) is 0 Å². The summed E-state index contributed by atoms with van der Waals surface area (Å²) in [4.78, 5) is -0.460. The quantitative estimate of drug-likeness (QED) is 0.931. The second-order valence-electron chi connectivity index (χ2n) is 4.64. The van der Waals surface area contributed by atoms with Crippen LogP contribution >= 0.6 is 11.6 Å². The number of hydrogen-bond donors (Lipinski definition) is 1. The normalized spacial score (nSPS) is 20.9. The van der Waals surface area contributed by atoms with Crippen molar-refractivity contribution in [1.82, 2.24) is 4.31 Å². The van der Waals surface area contributed by atoms with Gasteiger partial charge in [0.2, 0.25) is 10.0 Å². The third kappa shape index (κ3) is 2.63. The molecule has 2 rings (SSSR count). The molecule has 1 aliphatic heterocycles. The summed E-state index contributed by atoms with van der Waals surface area (Å²) in [7, 11) is -3.91. The summed E-state index contributed by atoms with van der Waals surface area (Å²) in [6.45, 7) is 1.58. The topological polar surface area (TPSA) is 57.6 Å². The van der Waals surface area contributed by atoms with Crippen LogP contribution in [0.2, 0.25) is 5.02 Å². The molecule has 1 heterocycles. The standard InChI is InChI=1S/C12H15ClFNO3S/c1-8-3-2-4-15(8)19(17,18)11-6-10(13)5-9(7-16)12(11)14/h5-6,8,16H,2-4,7H2,1H3. The van der Waals surface area contributed by atoms with Crippen molar-refractivity contribution in [2.24, 2.45) is 0 Å². The third-order valence-electron chi connectivity index (χ3n) is 3.33. The van der Waals surface area contributed by atoms with Crippen molar-refractivity contribution < 1.29 is 17.9 Å². The third-order valence-corrected chi connectivity index (χ3v) is 5.56. The maximum Gasteiger partial charge on any atom is 0.246 e. The van der Waals surface area contributed by atoms with Crippen LogP contribution in [0.3, 0.4) is 0 Å². The Kier molecular flexibility index (Phi) is 4.15. The molecule has 0 saturated carbocycles. The molecule has 0 amide bonds. The summed E-state index contributed by atoms with van der Waals surface area (Å²) in [6.07, 6.45) is 1.52. The Morgan fingerprint density at radius 3 is 2.74 bits per heavy atom. The van der Waals surface area contributed by atoms with Gasteiger partial charge in [0.25, 0.3) is 0 Å². The van der Waals surface area contributed by atoms with Gasteiger partial charge in [0.15, 0.2) is 0 Å². The molecule has 1 unspecified atom stereocenters. The fourth-order valence-electron chi connectivity index (χ4n) is 2.31. The van der Waals surface area contributed by atoms with Gasteiger partial charge in [-0.05, 0) is 31.9 Å². The van der Waals surface area contributed by atoms with Crippen LogP contribution in [0.1, 0.15) is 25.3 Å². The highest BCUT2D eigenvalue weighted by molar-refractivity contribution is 7.89. The van der Waals surface area contributed by atoms with Crippen molar-refractivity contribution in [2.75, 3.05) is 6.54 Å². The predicted octanol–water partition coefficient (Wildman–Crippen LogP) is 2.14. The summed E-state index contributed by atoms with van der Waals surface area (Å²) in [5.41, 5.74) is -0.113. The Labute approximate surface area is 116 Å². The van der Waals surface area contributed by atoms with Gasteiger partial charge in [-0.2, -0.15) is 4.31 Å².